The van der Waals surface area contributed by atoms with Crippen molar-refractivity contribution in [3.8, 4) is 17.2 Å². The second-order valence-corrected chi connectivity index (χ2v) is 6.17. The predicted octanol–water partition coefficient (Wildman–Crippen LogP) is 3.90. The van der Waals surface area contributed by atoms with Crippen LogP contribution >= 0.6 is 11.3 Å². The van der Waals surface area contributed by atoms with Gasteiger partial charge < -0.3 is 19.5 Å². The predicted molar refractivity (Wildman–Crippen MR) is 92.5 cm³/mol. The molecule has 124 valence electrons. The average Bonchev–Trinajstić information content (AvgIpc) is 2.94. The Labute approximate surface area is 140 Å². The minimum atomic E-state index is -0.146. The molecular formula is C17H21NO4S. The van der Waals surface area contributed by atoms with Crippen molar-refractivity contribution < 1.29 is 19.0 Å². The minimum Gasteiger partial charge on any atom is -0.493 e. The Balaban J connectivity index is 2.29. The quantitative estimate of drug-likeness (QED) is 0.870. The van der Waals surface area contributed by atoms with Gasteiger partial charge in [-0.15, -0.1) is 11.3 Å². The van der Waals surface area contributed by atoms with Gasteiger partial charge >= 0.3 is 0 Å². The Kier molecular flexibility index (Phi) is 5.50. The van der Waals surface area contributed by atoms with Gasteiger partial charge in [-0.1, -0.05) is 6.92 Å². The van der Waals surface area contributed by atoms with E-state index in [0.29, 0.717) is 27.8 Å². The van der Waals surface area contributed by atoms with E-state index >= 15 is 0 Å². The molecule has 6 heteroatoms. The zero-order chi connectivity index (χ0) is 17.0. The average molecular weight is 335 g/mol. The molecule has 0 saturated heterocycles. The van der Waals surface area contributed by atoms with Crippen molar-refractivity contribution in [3.63, 3.8) is 0 Å². The molecule has 1 amide bonds. The van der Waals surface area contributed by atoms with Crippen LogP contribution in [0, 0.1) is 6.92 Å². The third kappa shape index (κ3) is 3.59. The summed E-state index contributed by atoms with van der Waals surface area (Å²) >= 11 is 1.49. The number of carbonyl (C=O) groups excluding carboxylic acids is 1. The minimum absolute atomic E-state index is 0.146. The van der Waals surface area contributed by atoms with Crippen molar-refractivity contribution in [3.05, 3.63) is 33.5 Å². The molecule has 0 aliphatic carbocycles. The second-order valence-electron chi connectivity index (χ2n) is 4.91. The Bertz CT molecular complexity index is 684. The van der Waals surface area contributed by atoms with Gasteiger partial charge in [0.25, 0.3) is 5.91 Å². The summed E-state index contributed by atoms with van der Waals surface area (Å²) in [5.74, 6) is 1.35. The molecule has 0 unspecified atom stereocenters. The number of methoxy groups -OCH3 is 3. The van der Waals surface area contributed by atoms with Gasteiger partial charge in [-0.25, -0.2) is 0 Å². The van der Waals surface area contributed by atoms with E-state index < -0.39 is 0 Å². The number of hydrogen-bond donors (Lipinski definition) is 1. The molecule has 2 aromatic rings. The van der Waals surface area contributed by atoms with Gasteiger partial charge in [0.05, 0.1) is 26.2 Å². The van der Waals surface area contributed by atoms with Crippen LogP contribution in [-0.2, 0) is 6.42 Å². The van der Waals surface area contributed by atoms with E-state index in [2.05, 4.69) is 12.2 Å². The highest BCUT2D eigenvalue weighted by Crippen LogP contribution is 2.40. The van der Waals surface area contributed by atoms with E-state index in [1.807, 2.05) is 13.0 Å². The van der Waals surface area contributed by atoms with E-state index in [4.69, 9.17) is 14.2 Å². The standard InChI is InChI=1S/C17H21NO4S/c1-6-11-7-15(23-10(11)2)17(19)18-12-8-13(20-3)16(22-5)14(9-12)21-4/h7-9H,6H2,1-5H3,(H,18,19). The van der Waals surface area contributed by atoms with Crippen molar-refractivity contribution in [2.75, 3.05) is 26.6 Å². The molecule has 0 radical (unpaired) electrons. The molecule has 0 bridgehead atoms. The maximum atomic E-state index is 12.4. The number of ether oxygens (including phenoxy) is 3. The first-order valence-corrected chi connectivity index (χ1v) is 8.06. The number of nitrogens with one attached hydrogen (secondary N) is 1. The van der Waals surface area contributed by atoms with Crippen molar-refractivity contribution in [2.45, 2.75) is 20.3 Å². The van der Waals surface area contributed by atoms with Crippen molar-refractivity contribution in [1.29, 1.82) is 0 Å². The number of carbonyl (C=O) groups is 1. The molecule has 1 aromatic heterocycles. The maximum absolute atomic E-state index is 12.4. The third-order valence-electron chi connectivity index (χ3n) is 3.55. The topological polar surface area (TPSA) is 56.8 Å². The van der Waals surface area contributed by atoms with Crippen LogP contribution in [0.3, 0.4) is 0 Å². The van der Waals surface area contributed by atoms with Crippen LogP contribution < -0.4 is 19.5 Å². The van der Waals surface area contributed by atoms with Crippen LogP contribution in [0.25, 0.3) is 0 Å². The molecule has 5 nitrogen and oxygen atoms in total. The molecule has 0 spiro atoms. The maximum Gasteiger partial charge on any atom is 0.265 e. The van der Waals surface area contributed by atoms with Crippen LogP contribution in [0.4, 0.5) is 5.69 Å². The smallest absolute Gasteiger partial charge is 0.265 e. The summed E-state index contributed by atoms with van der Waals surface area (Å²) in [5, 5.41) is 2.88. The van der Waals surface area contributed by atoms with Crippen LogP contribution in [0.1, 0.15) is 27.0 Å². The number of aryl methyl sites for hydroxylation is 2. The van der Waals surface area contributed by atoms with Gasteiger partial charge in [-0.3, -0.25) is 4.79 Å². The van der Waals surface area contributed by atoms with E-state index in [-0.39, 0.29) is 5.91 Å². The summed E-state index contributed by atoms with van der Waals surface area (Å²) in [5.41, 5.74) is 1.79. The summed E-state index contributed by atoms with van der Waals surface area (Å²) < 4.78 is 15.9. The van der Waals surface area contributed by atoms with Crippen molar-refractivity contribution in [1.82, 2.24) is 0 Å². The fourth-order valence-corrected chi connectivity index (χ4v) is 3.34. The molecule has 0 aliphatic heterocycles. The zero-order valence-electron chi connectivity index (χ0n) is 14.0. The third-order valence-corrected chi connectivity index (χ3v) is 4.64. The lowest BCUT2D eigenvalue weighted by molar-refractivity contribution is 0.103. The molecule has 23 heavy (non-hydrogen) atoms. The van der Waals surface area contributed by atoms with E-state index in [1.54, 1.807) is 33.5 Å². The summed E-state index contributed by atoms with van der Waals surface area (Å²) in [6, 6.07) is 5.36. The van der Waals surface area contributed by atoms with Gasteiger partial charge in [0.15, 0.2) is 11.5 Å². The molecule has 0 atom stereocenters. The monoisotopic (exact) mass is 335 g/mol. The summed E-state index contributed by atoms with van der Waals surface area (Å²) in [4.78, 5) is 14.3. The van der Waals surface area contributed by atoms with Gasteiger partial charge in [-0.05, 0) is 25.0 Å². The normalized spacial score (nSPS) is 10.3. The largest absolute Gasteiger partial charge is 0.493 e. The molecule has 2 rings (SSSR count). The Morgan fingerprint density at radius 2 is 1.70 bits per heavy atom. The lowest BCUT2D eigenvalue weighted by Gasteiger charge is -2.14. The first-order valence-electron chi connectivity index (χ1n) is 7.24. The molecule has 1 N–H and O–H groups in total. The van der Waals surface area contributed by atoms with E-state index in [0.717, 1.165) is 6.42 Å². The van der Waals surface area contributed by atoms with Gasteiger partial charge in [0.2, 0.25) is 5.75 Å². The van der Waals surface area contributed by atoms with E-state index in [1.165, 1.54) is 21.8 Å². The van der Waals surface area contributed by atoms with Crippen LogP contribution in [0.2, 0.25) is 0 Å². The first kappa shape index (κ1) is 17.1. The Hall–Kier alpha value is -2.21. The van der Waals surface area contributed by atoms with Crippen LogP contribution in [0.5, 0.6) is 17.2 Å². The second kappa shape index (κ2) is 7.37. The lowest BCUT2D eigenvalue weighted by Crippen LogP contribution is -2.10. The summed E-state index contributed by atoms with van der Waals surface area (Å²) in [7, 11) is 4.62. The fraction of sp³-hybridized carbons (Fsp3) is 0.353. The molecule has 0 saturated carbocycles. The number of benzene rings is 1. The van der Waals surface area contributed by atoms with Gasteiger partial charge in [-0.2, -0.15) is 0 Å². The highest BCUT2D eigenvalue weighted by Gasteiger charge is 2.16. The number of rotatable bonds is 6. The van der Waals surface area contributed by atoms with Crippen molar-refractivity contribution in [2.24, 2.45) is 0 Å². The molecular weight excluding hydrogens is 314 g/mol. The SMILES string of the molecule is CCc1cc(C(=O)Nc2cc(OC)c(OC)c(OC)c2)sc1C. The Morgan fingerprint density at radius 3 is 2.13 bits per heavy atom. The number of amides is 1. The molecule has 0 aliphatic rings. The van der Waals surface area contributed by atoms with Gasteiger partial charge in [0, 0.05) is 22.7 Å². The number of hydrogen-bond acceptors (Lipinski definition) is 5. The number of thiophene rings is 1. The highest BCUT2D eigenvalue weighted by molar-refractivity contribution is 7.14. The fourth-order valence-electron chi connectivity index (χ4n) is 2.33. The first-order chi connectivity index (χ1) is 11.0. The molecule has 0 fully saturated rings. The molecule has 1 heterocycles. The van der Waals surface area contributed by atoms with Crippen LogP contribution in [-0.4, -0.2) is 27.2 Å². The van der Waals surface area contributed by atoms with Crippen LogP contribution in [0.15, 0.2) is 18.2 Å². The van der Waals surface area contributed by atoms with Crippen molar-refractivity contribution >= 4 is 22.9 Å². The van der Waals surface area contributed by atoms with Gasteiger partial charge in [0.1, 0.15) is 0 Å². The molecule has 1 aromatic carbocycles. The zero-order valence-corrected chi connectivity index (χ0v) is 14.8. The summed E-state index contributed by atoms with van der Waals surface area (Å²) in [6.07, 6.45) is 0.916. The highest BCUT2D eigenvalue weighted by atomic mass is 32.1. The summed E-state index contributed by atoms with van der Waals surface area (Å²) in [6.45, 7) is 4.11. The van der Waals surface area contributed by atoms with E-state index in [9.17, 15) is 4.79 Å². The Morgan fingerprint density at radius 1 is 1.09 bits per heavy atom. The number of anilines is 1. The lowest BCUT2D eigenvalue weighted by atomic mass is 10.2.